The molecule has 0 unspecified atom stereocenters. The van der Waals surface area contributed by atoms with Crippen LogP contribution in [-0.2, 0) is 16.8 Å². The quantitative estimate of drug-likeness (QED) is 0.550. The highest BCUT2D eigenvalue weighted by atomic mass is 35.5. The Balaban J connectivity index is 1.38. The van der Waals surface area contributed by atoms with E-state index in [4.69, 9.17) is 11.6 Å². The normalized spacial score (nSPS) is 14.7. The Morgan fingerprint density at radius 2 is 1.76 bits per heavy atom. The maximum atomic E-state index is 12.9. The van der Waals surface area contributed by atoms with E-state index in [-0.39, 0.29) is 12.5 Å². The van der Waals surface area contributed by atoms with E-state index < -0.39 is 5.41 Å². The predicted octanol–water partition coefficient (Wildman–Crippen LogP) is 3.79. The lowest BCUT2D eigenvalue weighted by atomic mass is 9.95. The lowest BCUT2D eigenvalue weighted by Crippen LogP contribution is -2.34. The molecule has 1 saturated carbocycles. The van der Waals surface area contributed by atoms with Crippen molar-refractivity contribution < 1.29 is 4.79 Å². The van der Waals surface area contributed by atoms with Crippen LogP contribution in [0.15, 0.2) is 66.7 Å². The highest BCUT2D eigenvalue weighted by molar-refractivity contribution is 6.30. The van der Waals surface area contributed by atoms with Crippen molar-refractivity contribution in [3.8, 4) is 11.3 Å². The molecule has 1 aliphatic carbocycles. The van der Waals surface area contributed by atoms with E-state index in [2.05, 4.69) is 20.6 Å². The van der Waals surface area contributed by atoms with Crippen LogP contribution in [0.25, 0.3) is 16.9 Å². The molecule has 5 rings (SSSR count). The molecule has 0 aliphatic heterocycles. The van der Waals surface area contributed by atoms with Crippen molar-refractivity contribution in [3.63, 3.8) is 0 Å². The zero-order valence-corrected chi connectivity index (χ0v) is 16.3. The van der Waals surface area contributed by atoms with Crippen LogP contribution in [0.3, 0.4) is 0 Å². The molecule has 4 aromatic rings. The molecule has 7 heteroatoms. The fourth-order valence-corrected chi connectivity index (χ4v) is 3.70. The molecule has 0 bridgehead atoms. The van der Waals surface area contributed by atoms with E-state index in [0.717, 1.165) is 29.7 Å². The van der Waals surface area contributed by atoms with Crippen molar-refractivity contribution >= 4 is 23.2 Å². The summed E-state index contributed by atoms with van der Waals surface area (Å²) in [5.74, 6) is 0.613. The number of carbonyl (C=O) groups excluding carboxylic acids is 1. The van der Waals surface area contributed by atoms with E-state index in [1.807, 2.05) is 66.7 Å². The minimum atomic E-state index is -0.413. The van der Waals surface area contributed by atoms with Crippen LogP contribution in [0.5, 0.6) is 0 Å². The molecule has 2 aromatic carbocycles. The van der Waals surface area contributed by atoms with Crippen molar-refractivity contribution in [3.05, 3.63) is 83.1 Å². The van der Waals surface area contributed by atoms with Crippen LogP contribution in [-0.4, -0.2) is 25.7 Å². The van der Waals surface area contributed by atoms with E-state index in [0.29, 0.717) is 16.5 Å². The Morgan fingerprint density at radius 1 is 1.00 bits per heavy atom. The monoisotopic (exact) mass is 403 g/mol. The van der Waals surface area contributed by atoms with Gasteiger partial charge in [-0.05, 0) is 42.7 Å². The first-order valence-electron chi connectivity index (χ1n) is 9.47. The molecule has 144 valence electrons. The smallest absolute Gasteiger partial charge is 0.231 e. The summed E-state index contributed by atoms with van der Waals surface area (Å²) >= 11 is 5.97. The summed E-state index contributed by atoms with van der Waals surface area (Å²) in [6.07, 6.45) is 1.73. The van der Waals surface area contributed by atoms with Gasteiger partial charge in [-0.2, -0.15) is 9.61 Å². The minimum Gasteiger partial charge on any atom is -0.348 e. The highest BCUT2D eigenvalue weighted by Gasteiger charge is 2.51. The Morgan fingerprint density at radius 3 is 2.48 bits per heavy atom. The van der Waals surface area contributed by atoms with Gasteiger partial charge in [0.15, 0.2) is 11.5 Å². The number of rotatable bonds is 5. The first kappa shape index (κ1) is 17.8. The topological polar surface area (TPSA) is 72.2 Å². The van der Waals surface area contributed by atoms with Crippen molar-refractivity contribution in [1.29, 1.82) is 0 Å². The second-order valence-corrected chi connectivity index (χ2v) is 7.68. The molecule has 0 atom stereocenters. The Bertz CT molecular complexity index is 1180. The number of fused-ring (bicyclic) bond motifs is 1. The fraction of sp³-hybridized carbons (Fsp3) is 0.182. The lowest BCUT2D eigenvalue weighted by Gasteiger charge is -2.15. The van der Waals surface area contributed by atoms with Gasteiger partial charge >= 0.3 is 0 Å². The maximum Gasteiger partial charge on any atom is 0.231 e. The number of hydrogen-bond acceptors (Lipinski definition) is 4. The van der Waals surface area contributed by atoms with E-state index in [1.165, 1.54) is 0 Å². The van der Waals surface area contributed by atoms with E-state index >= 15 is 0 Å². The Hall–Kier alpha value is -3.25. The minimum absolute atomic E-state index is 0.0225. The third-order valence-electron chi connectivity index (χ3n) is 5.39. The van der Waals surface area contributed by atoms with Gasteiger partial charge < -0.3 is 5.32 Å². The average molecular weight is 404 g/mol. The molecule has 1 aliphatic rings. The van der Waals surface area contributed by atoms with Crippen LogP contribution in [0.4, 0.5) is 0 Å². The van der Waals surface area contributed by atoms with Gasteiger partial charge in [0.1, 0.15) is 0 Å². The lowest BCUT2D eigenvalue weighted by molar-refractivity contribution is -0.123. The molecule has 0 spiro atoms. The summed E-state index contributed by atoms with van der Waals surface area (Å²) in [5.41, 5.74) is 3.01. The van der Waals surface area contributed by atoms with Gasteiger partial charge in [-0.25, -0.2) is 0 Å². The third kappa shape index (κ3) is 3.25. The van der Waals surface area contributed by atoms with E-state index in [1.54, 1.807) is 4.52 Å². The zero-order chi connectivity index (χ0) is 19.8. The molecule has 0 saturated heterocycles. The number of nitrogens with zero attached hydrogens (tertiary/aromatic N) is 4. The molecule has 1 N–H and O–H groups in total. The fourth-order valence-electron chi connectivity index (χ4n) is 3.58. The van der Waals surface area contributed by atoms with Crippen molar-refractivity contribution in [2.24, 2.45) is 0 Å². The second kappa shape index (κ2) is 6.97. The number of halogens is 1. The number of amides is 1. The van der Waals surface area contributed by atoms with Gasteiger partial charge in [-0.3, -0.25) is 4.79 Å². The molecular weight excluding hydrogens is 386 g/mol. The van der Waals surface area contributed by atoms with Gasteiger partial charge in [0.25, 0.3) is 0 Å². The van der Waals surface area contributed by atoms with Gasteiger partial charge in [0.05, 0.1) is 17.7 Å². The summed E-state index contributed by atoms with van der Waals surface area (Å²) in [6.45, 7) is 0.269. The first-order chi connectivity index (χ1) is 14.2. The molecule has 1 amide bonds. The summed E-state index contributed by atoms with van der Waals surface area (Å²) in [4.78, 5) is 12.9. The summed E-state index contributed by atoms with van der Waals surface area (Å²) in [7, 11) is 0. The van der Waals surface area contributed by atoms with Crippen LogP contribution in [0.2, 0.25) is 5.02 Å². The first-order valence-corrected chi connectivity index (χ1v) is 9.85. The maximum absolute atomic E-state index is 12.9. The standard InChI is InChI=1S/C22H18ClN5O/c23-17-8-6-15(7-9-17)18-10-11-19-25-26-20(28(19)27-18)14-24-21(29)22(12-13-22)16-4-2-1-3-5-16/h1-11H,12-14H2,(H,24,29). The molecule has 0 radical (unpaired) electrons. The largest absolute Gasteiger partial charge is 0.348 e. The van der Waals surface area contributed by atoms with Gasteiger partial charge in [0, 0.05) is 10.6 Å². The van der Waals surface area contributed by atoms with Crippen molar-refractivity contribution in [2.45, 2.75) is 24.8 Å². The number of nitrogens with one attached hydrogen (secondary N) is 1. The third-order valence-corrected chi connectivity index (χ3v) is 5.64. The highest BCUT2D eigenvalue weighted by Crippen LogP contribution is 2.48. The number of aromatic nitrogens is 4. The summed E-state index contributed by atoms with van der Waals surface area (Å²) in [5, 5.41) is 16.7. The SMILES string of the molecule is O=C(NCc1nnc2ccc(-c3ccc(Cl)cc3)nn12)C1(c2ccccc2)CC1. The number of hydrogen-bond donors (Lipinski definition) is 1. The Labute approximate surface area is 172 Å². The molecule has 1 fully saturated rings. The van der Waals surface area contributed by atoms with Gasteiger partial charge in [0.2, 0.25) is 5.91 Å². The Kier molecular flexibility index (Phi) is 4.28. The van der Waals surface area contributed by atoms with Crippen molar-refractivity contribution in [1.82, 2.24) is 25.1 Å². The van der Waals surface area contributed by atoms with Crippen LogP contribution in [0.1, 0.15) is 24.2 Å². The molecule has 29 heavy (non-hydrogen) atoms. The second-order valence-electron chi connectivity index (χ2n) is 7.24. The molecular formula is C22H18ClN5O. The van der Waals surface area contributed by atoms with Crippen molar-refractivity contribution in [2.75, 3.05) is 0 Å². The molecule has 6 nitrogen and oxygen atoms in total. The van der Waals surface area contributed by atoms with Crippen LogP contribution < -0.4 is 5.32 Å². The zero-order valence-electron chi connectivity index (χ0n) is 15.5. The molecule has 2 aromatic heterocycles. The summed E-state index contributed by atoms with van der Waals surface area (Å²) in [6, 6.07) is 21.2. The summed E-state index contributed by atoms with van der Waals surface area (Å²) < 4.78 is 1.67. The van der Waals surface area contributed by atoms with Crippen LogP contribution in [0, 0.1) is 0 Å². The molecule has 2 heterocycles. The van der Waals surface area contributed by atoms with E-state index in [9.17, 15) is 4.79 Å². The predicted molar refractivity (Wildman–Crippen MR) is 110 cm³/mol. The van der Waals surface area contributed by atoms with Gasteiger partial charge in [-0.15, -0.1) is 10.2 Å². The average Bonchev–Trinajstić information content (AvgIpc) is 3.48. The van der Waals surface area contributed by atoms with Crippen LogP contribution >= 0.6 is 11.6 Å². The number of benzene rings is 2. The number of carbonyl (C=O) groups is 1. The van der Waals surface area contributed by atoms with Gasteiger partial charge in [-0.1, -0.05) is 54.1 Å².